The lowest BCUT2D eigenvalue weighted by Crippen LogP contribution is -2.31. The Morgan fingerprint density at radius 3 is 2.38 bits per heavy atom. The van der Waals surface area contributed by atoms with Crippen molar-refractivity contribution in [2.45, 2.75) is 25.9 Å². The van der Waals surface area contributed by atoms with E-state index in [4.69, 9.17) is 15.6 Å². The Hall–Kier alpha value is -3.26. The first kappa shape index (κ1) is 17.6. The van der Waals surface area contributed by atoms with Crippen LogP contribution in [0.2, 0.25) is 0 Å². The molecule has 1 atom stereocenters. The summed E-state index contributed by atoms with van der Waals surface area (Å²) in [6.07, 6.45) is 0.231. The van der Waals surface area contributed by atoms with E-state index in [9.17, 15) is 4.79 Å². The molecule has 8 heteroatoms. The van der Waals surface area contributed by atoms with E-state index >= 15 is 0 Å². The van der Waals surface area contributed by atoms with Gasteiger partial charge in [0.25, 0.3) is 0 Å². The Kier molecular flexibility index (Phi) is 5.23. The average molecular weight is 353 g/mol. The van der Waals surface area contributed by atoms with E-state index in [0.29, 0.717) is 11.6 Å². The first-order chi connectivity index (χ1) is 12.5. The number of carboxylic acid groups (broad SMARTS) is 1. The van der Waals surface area contributed by atoms with Gasteiger partial charge in [-0.1, -0.05) is 17.7 Å². The molecule has 0 radical (unpaired) electrons. The molecule has 1 aromatic heterocycles. The van der Waals surface area contributed by atoms with Gasteiger partial charge in [0, 0.05) is 5.56 Å². The van der Waals surface area contributed by atoms with Crippen molar-refractivity contribution in [1.82, 2.24) is 20.2 Å². The summed E-state index contributed by atoms with van der Waals surface area (Å²) in [6.45, 7) is 2.31. The summed E-state index contributed by atoms with van der Waals surface area (Å²) in [5.41, 5.74) is 7.43. The van der Waals surface area contributed by atoms with Crippen LogP contribution in [0.1, 0.15) is 12.0 Å². The van der Waals surface area contributed by atoms with Crippen LogP contribution in [0.25, 0.3) is 11.4 Å². The third-order valence-electron chi connectivity index (χ3n) is 3.78. The molecule has 0 amide bonds. The number of aromatic nitrogens is 4. The molecule has 2 aromatic carbocycles. The molecule has 8 nitrogen and oxygen atoms in total. The summed E-state index contributed by atoms with van der Waals surface area (Å²) in [5, 5.41) is 20.9. The molecular formula is C18H19N5O3. The second-order valence-corrected chi connectivity index (χ2v) is 5.88. The predicted octanol–water partition coefficient (Wildman–Crippen LogP) is 2.24. The van der Waals surface area contributed by atoms with Crippen molar-refractivity contribution in [2.75, 3.05) is 0 Å². The van der Waals surface area contributed by atoms with Crippen LogP contribution in [0, 0.1) is 6.92 Å². The van der Waals surface area contributed by atoms with Crippen LogP contribution in [-0.4, -0.2) is 37.3 Å². The molecular weight excluding hydrogens is 334 g/mol. The zero-order valence-electron chi connectivity index (χ0n) is 14.2. The number of aryl methyl sites for hydroxylation is 2. The van der Waals surface area contributed by atoms with Gasteiger partial charge in [0.15, 0.2) is 0 Å². The molecule has 0 bridgehead atoms. The van der Waals surface area contributed by atoms with Crippen molar-refractivity contribution >= 4 is 5.97 Å². The summed E-state index contributed by atoms with van der Waals surface area (Å²) in [5.74, 6) is 0.880. The number of hydrogen-bond donors (Lipinski definition) is 2. The van der Waals surface area contributed by atoms with E-state index in [0.717, 1.165) is 11.3 Å². The first-order valence-corrected chi connectivity index (χ1v) is 8.12. The predicted molar refractivity (Wildman–Crippen MR) is 94.7 cm³/mol. The minimum absolute atomic E-state index is 0.231. The maximum atomic E-state index is 10.7. The molecule has 3 N–H and O–H groups in total. The fourth-order valence-electron chi connectivity index (χ4n) is 2.25. The van der Waals surface area contributed by atoms with E-state index in [2.05, 4.69) is 15.4 Å². The molecule has 1 heterocycles. The van der Waals surface area contributed by atoms with E-state index in [1.165, 1.54) is 10.4 Å². The fraction of sp³-hybridized carbons (Fsp3) is 0.222. The second-order valence-electron chi connectivity index (χ2n) is 5.88. The van der Waals surface area contributed by atoms with Gasteiger partial charge in [0.1, 0.15) is 17.5 Å². The van der Waals surface area contributed by atoms with Gasteiger partial charge in [-0.15, -0.1) is 10.2 Å². The second kappa shape index (κ2) is 7.75. The standard InChI is InChI=1S/C18H19N5O3/c1-12-2-6-14(7-3-12)26-15-8-4-13(5-9-15)17-20-22-23(21-17)11-10-16(19)18(24)25/h2-9,16H,10-11,19H2,1H3,(H,24,25). The lowest BCUT2D eigenvalue weighted by Gasteiger charge is -2.06. The highest BCUT2D eigenvalue weighted by Gasteiger charge is 2.13. The number of rotatable bonds is 7. The van der Waals surface area contributed by atoms with Gasteiger partial charge in [-0.3, -0.25) is 4.79 Å². The molecule has 0 saturated heterocycles. The number of carboxylic acids is 1. The van der Waals surface area contributed by atoms with Crippen LogP contribution in [0.15, 0.2) is 48.5 Å². The number of nitrogens with two attached hydrogens (primary N) is 1. The van der Waals surface area contributed by atoms with Gasteiger partial charge in [-0.2, -0.15) is 4.80 Å². The van der Waals surface area contributed by atoms with Crippen LogP contribution < -0.4 is 10.5 Å². The van der Waals surface area contributed by atoms with E-state index in [1.807, 2.05) is 55.5 Å². The van der Waals surface area contributed by atoms with E-state index in [-0.39, 0.29) is 13.0 Å². The highest BCUT2D eigenvalue weighted by atomic mass is 16.5. The minimum Gasteiger partial charge on any atom is -0.480 e. The van der Waals surface area contributed by atoms with Crippen molar-refractivity contribution < 1.29 is 14.6 Å². The largest absolute Gasteiger partial charge is 0.480 e. The maximum Gasteiger partial charge on any atom is 0.320 e. The van der Waals surface area contributed by atoms with Crippen LogP contribution in [-0.2, 0) is 11.3 Å². The molecule has 1 unspecified atom stereocenters. The number of aliphatic carboxylic acids is 1. The number of carbonyl (C=O) groups is 1. The molecule has 0 spiro atoms. The lowest BCUT2D eigenvalue weighted by molar-refractivity contribution is -0.138. The van der Waals surface area contributed by atoms with Crippen LogP contribution in [0.4, 0.5) is 0 Å². The average Bonchev–Trinajstić information content (AvgIpc) is 3.11. The summed E-state index contributed by atoms with van der Waals surface area (Å²) < 4.78 is 5.79. The molecule has 0 saturated carbocycles. The summed E-state index contributed by atoms with van der Waals surface area (Å²) in [6, 6.07) is 14.2. The van der Waals surface area contributed by atoms with Crippen molar-refractivity contribution in [1.29, 1.82) is 0 Å². The molecule has 134 valence electrons. The highest BCUT2D eigenvalue weighted by Crippen LogP contribution is 2.24. The Morgan fingerprint density at radius 2 is 1.77 bits per heavy atom. The third-order valence-corrected chi connectivity index (χ3v) is 3.78. The molecule has 0 aliphatic carbocycles. The Balaban J connectivity index is 1.63. The van der Waals surface area contributed by atoms with Gasteiger partial charge in [-0.05, 0) is 55.0 Å². The molecule has 3 rings (SSSR count). The van der Waals surface area contributed by atoms with Crippen LogP contribution >= 0.6 is 0 Å². The molecule has 0 aliphatic heterocycles. The lowest BCUT2D eigenvalue weighted by atomic mass is 10.2. The fourth-order valence-corrected chi connectivity index (χ4v) is 2.25. The van der Waals surface area contributed by atoms with E-state index in [1.54, 1.807) is 0 Å². The topological polar surface area (TPSA) is 116 Å². The monoisotopic (exact) mass is 353 g/mol. The normalized spacial score (nSPS) is 11.9. The maximum absolute atomic E-state index is 10.7. The molecule has 0 fully saturated rings. The van der Waals surface area contributed by atoms with E-state index < -0.39 is 12.0 Å². The minimum atomic E-state index is -1.05. The van der Waals surface area contributed by atoms with Crippen LogP contribution in [0.3, 0.4) is 0 Å². The molecule has 3 aromatic rings. The summed E-state index contributed by atoms with van der Waals surface area (Å²) in [7, 11) is 0. The highest BCUT2D eigenvalue weighted by molar-refractivity contribution is 5.72. The quantitative estimate of drug-likeness (QED) is 0.669. The number of ether oxygens (including phenoxy) is 1. The third kappa shape index (κ3) is 4.42. The van der Waals surface area contributed by atoms with Gasteiger partial charge < -0.3 is 15.6 Å². The van der Waals surface area contributed by atoms with Gasteiger partial charge in [0.2, 0.25) is 5.82 Å². The molecule has 26 heavy (non-hydrogen) atoms. The smallest absolute Gasteiger partial charge is 0.320 e. The number of nitrogens with zero attached hydrogens (tertiary/aromatic N) is 4. The Bertz CT molecular complexity index is 875. The SMILES string of the molecule is Cc1ccc(Oc2ccc(-c3nnn(CCC(N)C(=O)O)n3)cc2)cc1. The number of tetrazole rings is 1. The summed E-state index contributed by atoms with van der Waals surface area (Å²) >= 11 is 0. The first-order valence-electron chi connectivity index (χ1n) is 8.12. The van der Waals surface area contributed by atoms with Crippen molar-refractivity contribution in [3.63, 3.8) is 0 Å². The van der Waals surface area contributed by atoms with Crippen molar-refractivity contribution in [3.8, 4) is 22.9 Å². The Labute approximate surface area is 150 Å². The van der Waals surface area contributed by atoms with Crippen molar-refractivity contribution in [3.05, 3.63) is 54.1 Å². The number of benzene rings is 2. The van der Waals surface area contributed by atoms with Gasteiger partial charge in [-0.25, -0.2) is 0 Å². The zero-order valence-corrected chi connectivity index (χ0v) is 14.2. The van der Waals surface area contributed by atoms with Gasteiger partial charge in [0.05, 0.1) is 6.54 Å². The zero-order chi connectivity index (χ0) is 18.5. The molecule has 0 aliphatic rings. The van der Waals surface area contributed by atoms with Crippen LogP contribution in [0.5, 0.6) is 11.5 Å². The van der Waals surface area contributed by atoms with Gasteiger partial charge >= 0.3 is 5.97 Å². The van der Waals surface area contributed by atoms with Crippen molar-refractivity contribution in [2.24, 2.45) is 5.73 Å². The number of hydrogen-bond acceptors (Lipinski definition) is 6. The summed E-state index contributed by atoms with van der Waals surface area (Å²) in [4.78, 5) is 12.1. The Morgan fingerprint density at radius 1 is 1.15 bits per heavy atom.